The molecule has 0 amide bonds. The van der Waals surface area contributed by atoms with Gasteiger partial charge >= 0.3 is 0 Å². The van der Waals surface area contributed by atoms with Gasteiger partial charge in [-0.05, 0) is 18.6 Å². The molecule has 0 bridgehead atoms. The second-order valence-electron chi connectivity index (χ2n) is 2.75. The van der Waals surface area contributed by atoms with Crippen LogP contribution in [0.15, 0.2) is 18.2 Å². The van der Waals surface area contributed by atoms with Gasteiger partial charge in [-0.15, -0.1) is 0 Å². The zero-order valence-electron chi connectivity index (χ0n) is 7.52. The molecular formula is C10H12F2O. The van der Waals surface area contributed by atoms with Gasteiger partial charge in [0.05, 0.1) is 6.61 Å². The molecular weight excluding hydrogens is 174 g/mol. The summed E-state index contributed by atoms with van der Waals surface area (Å²) >= 11 is 0. The van der Waals surface area contributed by atoms with Crippen LogP contribution in [0.2, 0.25) is 0 Å². The Morgan fingerprint density at radius 2 is 2.08 bits per heavy atom. The molecule has 0 atom stereocenters. The van der Waals surface area contributed by atoms with Crippen LogP contribution < -0.4 is 4.74 Å². The summed E-state index contributed by atoms with van der Waals surface area (Å²) in [6, 6.07) is 3.93. The first kappa shape index (κ1) is 9.96. The van der Waals surface area contributed by atoms with Gasteiger partial charge in [-0.3, -0.25) is 0 Å². The molecule has 0 fully saturated rings. The number of benzene rings is 1. The van der Waals surface area contributed by atoms with E-state index >= 15 is 0 Å². The quantitative estimate of drug-likeness (QED) is 0.656. The molecule has 0 aliphatic heterocycles. The molecule has 0 saturated carbocycles. The molecule has 0 spiro atoms. The molecule has 3 heteroatoms. The van der Waals surface area contributed by atoms with Crippen LogP contribution >= 0.6 is 0 Å². The Labute approximate surface area is 76.3 Å². The first-order valence-electron chi connectivity index (χ1n) is 4.32. The van der Waals surface area contributed by atoms with Crippen molar-refractivity contribution in [2.75, 3.05) is 6.61 Å². The minimum Gasteiger partial charge on any atom is -0.490 e. The highest BCUT2D eigenvalue weighted by Gasteiger charge is 2.07. The standard InChI is InChI=1S/C10H12F2O/c1-2-3-7-13-9-6-4-5-8(11)10(9)12/h4-6H,2-3,7H2,1H3. The summed E-state index contributed by atoms with van der Waals surface area (Å²) in [6.45, 7) is 2.43. The maximum absolute atomic E-state index is 12.9. The number of halogens is 2. The largest absolute Gasteiger partial charge is 0.490 e. The number of hydrogen-bond donors (Lipinski definition) is 0. The average Bonchev–Trinajstić information content (AvgIpc) is 2.13. The highest BCUT2D eigenvalue weighted by molar-refractivity contribution is 5.24. The molecule has 0 aliphatic rings. The number of hydrogen-bond acceptors (Lipinski definition) is 1. The van der Waals surface area contributed by atoms with E-state index in [0.717, 1.165) is 18.9 Å². The van der Waals surface area contributed by atoms with Crippen molar-refractivity contribution >= 4 is 0 Å². The average molecular weight is 186 g/mol. The third kappa shape index (κ3) is 2.68. The van der Waals surface area contributed by atoms with Crippen molar-refractivity contribution in [1.82, 2.24) is 0 Å². The maximum atomic E-state index is 12.9. The molecule has 0 radical (unpaired) electrons. The van der Waals surface area contributed by atoms with Crippen LogP contribution in [0.25, 0.3) is 0 Å². The van der Waals surface area contributed by atoms with Crippen molar-refractivity contribution in [3.8, 4) is 5.75 Å². The van der Waals surface area contributed by atoms with Crippen molar-refractivity contribution in [2.24, 2.45) is 0 Å². The van der Waals surface area contributed by atoms with Crippen molar-refractivity contribution in [3.05, 3.63) is 29.8 Å². The van der Waals surface area contributed by atoms with Gasteiger partial charge < -0.3 is 4.74 Å². The summed E-state index contributed by atoms with van der Waals surface area (Å²) in [5, 5.41) is 0. The zero-order valence-corrected chi connectivity index (χ0v) is 7.52. The zero-order chi connectivity index (χ0) is 9.68. The van der Waals surface area contributed by atoms with E-state index in [2.05, 4.69) is 0 Å². The van der Waals surface area contributed by atoms with Gasteiger partial charge in [-0.25, -0.2) is 4.39 Å². The molecule has 1 aromatic carbocycles. The second kappa shape index (κ2) is 4.80. The van der Waals surface area contributed by atoms with E-state index in [1.54, 1.807) is 0 Å². The van der Waals surface area contributed by atoms with Crippen molar-refractivity contribution in [3.63, 3.8) is 0 Å². The van der Waals surface area contributed by atoms with E-state index in [9.17, 15) is 8.78 Å². The molecule has 0 unspecified atom stereocenters. The van der Waals surface area contributed by atoms with Crippen LogP contribution in [-0.2, 0) is 0 Å². The van der Waals surface area contributed by atoms with Crippen molar-refractivity contribution in [1.29, 1.82) is 0 Å². The molecule has 0 heterocycles. The van der Waals surface area contributed by atoms with Crippen LogP contribution in [0.4, 0.5) is 8.78 Å². The highest BCUT2D eigenvalue weighted by Crippen LogP contribution is 2.19. The lowest BCUT2D eigenvalue weighted by Gasteiger charge is -2.05. The van der Waals surface area contributed by atoms with Crippen molar-refractivity contribution in [2.45, 2.75) is 19.8 Å². The maximum Gasteiger partial charge on any atom is 0.200 e. The van der Waals surface area contributed by atoms with Gasteiger partial charge in [0.15, 0.2) is 11.6 Å². The second-order valence-corrected chi connectivity index (χ2v) is 2.75. The van der Waals surface area contributed by atoms with Crippen LogP contribution in [0.1, 0.15) is 19.8 Å². The summed E-state index contributed by atoms with van der Waals surface area (Å²) in [5.74, 6) is -1.78. The first-order chi connectivity index (χ1) is 6.25. The van der Waals surface area contributed by atoms with Crippen LogP contribution in [0, 0.1) is 11.6 Å². The third-order valence-corrected chi connectivity index (χ3v) is 1.67. The first-order valence-corrected chi connectivity index (χ1v) is 4.32. The minimum absolute atomic E-state index is 0.00606. The lowest BCUT2D eigenvalue weighted by atomic mass is 10.3. The smallest absolute Gasteiger partial charge is 0.200 e. The minimum atomic E-state index is -0.904. The molecule has 1 aromatic rings. The van der Waals surface area contributed by atoms with Gasteiger partial charge in [0.2, 0.25) is 5.82 Å². The summed E-state index contributed by atoms with van der Waals surface area (Å²) in [5.41, 5.74) is 0. The van der Waals surface area contributed by atoms with E-state index in [0.29, 0.717) is 6.61 Å². The molecule has 1 rings (SSSR count). The summed E-state index contributed by atoms with van der Waals surface area (Å²) < 4.78 is 30.6. The Balaban J connectivity index is 2.61. The molecule has 1 nitrogen and oxygen atoms in total. The van der Waals surface area contributed by atoms with E-state index in [1.807, 2.05) is 6.92 Å². The highest BCUT2D eigenvalue weighted by atomic mass is 19.2. The normalized spacial score (nSPS) is 10.1. The summed E-state index contributed by atoms with van der Waals surface area (Å²) in [7, 11) is 0. The van der Waals surface area contributed by atoms with E-state index in [1.165, 1.54) is 12.1 Å². The summed E-state index contributed by atoms with van der Waals surface area (Å²) in [6.07, 6.45) is 1.81. The monoisotopic (exact) mass is 186 g/mol. The van der Waals surface area contributed by atoms with Gasteiger partial charge in [0.25, 0.3) is 0 Å². The van der Waals surface area contributed by atoms with Crippen molar-refractivity contribution < 1.29 is 13.5 Å². The fourth-order valence-electron chi connectivity index (χ4n) is 0.922. The van der Waals surface area contributed by atoms with Crippen LogP contribution in [0.5, 0.6) is 5.75 Å². The fraction of sp³-hybridized carbons (Fsp3) is 0.400. The topological polar surface area (TPSA) is 9.23 Å². The fourth-order valence-corrected chi connectivity index (χ4v) is 0.922. The van der Waals surface area contributed by atoms with Gasteiger partial charge in [0, 0.05) is 0 Å². The molecule has 0 N–H and O–H groups in total. The van der Waals surface area contributed by atoms with Gasteiger partial charge in [-0.1, -0.05) is 19.4 Å². The van der Waals surface area contributed by atoms with Crippen LogP contribution in [0.3, 0.4) is 0 Å². The number of ether oxygens (including phenoxy) is 1. The molecule has 72 valence electrons. The number of unbranched alkanes of at least 4 members (excludes halogenated alkanes) is 1. The summed E-state index contributed by atoms with van der Waals surface area (Å²) in [4.78, 5) is 0. The Kier molecular flexibility index (Phi) is 3.68. The lowest BCUT2D eigenvalue weighted by molar-refractivity contribution is 0.288. The molecule has 0 aliphatic carbocycles. The molecule has 0 aromatic heterocycles. The molecule has 0 saturated heterocycles. The van der Waals surface area contributed by atoms with E-state index in [4.69, 9.17) is 4.74 Å². The van der Waals surface area contributed by atoms with E-state index < -0.39 is 11.6 Å². The Hall–Kier alpha value is -1.12. The molecule has 13 heavy (non-hydrogen) atoms. The Morgan fingerprint density at radius 3 is 2.77 bits per heavy atom. The van der Waals surface area contributed by atoms with Gasteiger partial charge in [0.1, 0.15) is 0 Å². The SMILES string of the molecule is CCCCOc1cccc(F)c1F. The van der Waals surface area contributed by atoms with Gasteiger partial charge in [-0.2, -0.15) is 4.39 Å². The van der Waals surface area contributed by atoms with E-state index in [-0.39, 0.29) is 5.75 Å². The predicted molar refractivity (Wildman–Crippen MR) is 46.8 cm³/mol. The Morgan fingerprint density at radius 1 is 1.31 bits per heavy atom. The lowest BCUT2D eigenvalue weighted by Crippen LogP contribution is -1.99. The predicted octanol–water partition coefficient (Wildman–Crippen LogP) is 3.14. The third-order valence-electron chi connectivity index (χ3n) is 1.67. The Bertz CT molecular complexity index is 274. The number of rotatable bonds is 4. The van der Waals surface area contributed by atoms with Crippen LogP contribution in [-0.4, -0.2) is 6.61 Å².